The Hall–Kier alpha value is -2.16. The lowest BCUT2D eigenvalue weighted by Crippen LogP contribution is -1.99. The second-order valence-corrected chi connectivity index (χ2v) is 3.39. The third-order valence-corrected chi connectivity index (χ3v) is 1.99. The highest BCUT2D eigenvalue weighted by atomic mass is 16.5. The van der Waals surface area contributed by atoms with E-state index in [2.05, 4.69) is 11.6 Å². The van der Waals surface area contributed by atoms with Gasteiger partial charge in [-0.05, 0) is 24.6 Å². The predicted molar refractivity (Wildman–Crippen MR) is 67.9 cm³/mol. The van der Waals surface area contributed by atoms with Crippen molar-refractivity contribution in [1.82, 2.24) is 4.98 Å². The van der Waals surface area contributed by atoms with Crippen LogP contribution in [-0.2, 0) is 9.53 Å². The lowest BCUT2D eigenvalue weighted by atomic mass is 10.2. The van der Waals surface area contributed by atoms with Crippen molar-refractivity contribution in [3.63, 3.8) is 0 Å². The van der Waals surface area contributed by atoms with Gasteiger partial charge in [0.1, 0.15) is 5.76 Å². The van der Waals surface area contributed by atoms with Gasteiger partial charge in [-0.2, -0.15) is 0 Å². The maximum Gasteiger partial charge on any atom is 0.308 e. The van der Waals surface area contributed by atoms with Crippen molar-refractivity contribution < 1.29 is 9.53 Å². The summed E-state index contributed by atoms with van der Waals surface area (Å²) in [6.45, 7) is 7.00. The molecule has 3 heteroatoms. The fourth-order valence-corrected chi connectivity index (χ4v) is 1.22. The Morgan fingerprint density at radius 3 is 2.82 bits per heavy atom. The van der Waals surface area contributed by atoms with Gasteiger partial charge in [0.2, 0.25) is 0 Å². The molecule has 1 heterocycles. The van der Waals surface area contributed by atoms with E-state index in [-0.39, 0.29) is 5.97 Å². The van der Waals surface area contributed by atoms with E-state index in [4.69, 9.17) is 4.74 Å². The normalized spacial score (nSPS) is 11.5. The Bertz CT molecular complexity index is 458. The molecule has 0 bridgehead atoms. The van der Waals surface area contributed by atoms with E-state index in [0.29, 0.717) is 11.3 Å². The topological polar surface area (TPSA) is 39.2 Å². The van der Waals surface area contributed by atoms with Gasteiger partial charge < -0.3 is 4.74 Å². The van der Waals surface area contributed by atoms with Gasteiger partial charge in [-0.25, -0.2) is 0 Å². The van der Waals surface area contributed by atoms with Crippen LogP contribution in [0.5, 0.6) is 0 Å². The molecule has 0 fully saturated rings. The van der Waals surface area contributed by atoms with E-state index in [1.165, 1.54) is 6.92 Å². The zero-order valence-corrected chi connectivity index (χ0v) is 10.0. The average molecular weight is 229 g/mol. The fourth-order valence-electron chi connectivity index (χ4n) is 1.22. The Kier molecular flexibility index (Phi) is 4.88. The molecule has 17 heavy (non-hydrogen) atoms. The molecule has 0 saturated heterocycles. The van der Waals surface area contributed by atoms with Crippen LogP contribution in [0.2, 0.25) is 0 Å². The van der Waals surface area contributed by atoms with Crippen LogP contribution in [0.25, 0.3) is 6.08 Å². The molecule has 0 aliphatic heterocycles. The van der Waals surface area contributed by atoms with Gasteiger partial charge in [-0.3, -0.25) is 9.78 Å². The third-order valence-electron chi connectivity index (χ3n) is 1.99. The molecular formula is C14H15NO2. The number of pyridine rings is 1. The molecule has 0 aliphatic carbocycles. The number of carbonyl (C=O) groups is 1. The van der Waals surface area contributed by atoms with Crippen molar-refractivity contribution in [2.45, 2.75) is 13.8 Å². The van der Waals surface area contributed by atoms with Gasteiger partial charge in [0, 0.05) is 24.9 Å². The molecular weight excluding hydrogens is 214 g/mol. The summed E-state index contributed by atoms with van der Waals surface area (Å²) in [6, 6.07) is 3.78. The highest BCUT2D eigenvalue weighted by Gasteiger charge is 2.02. The fraction of sp³-hybridized carbons (Fsp3) is 0.143. The smallest absolute Gasteiger partial charge is 0.308 e. The predicted octanol–water partition coefficient (Wildman–Crippen LogP) is 3.12. The van der Waals surface area contributed by atoms with Crippen LogP contribution in [0, 0.1) is 0 Å². The van der Waals surface area contributed by atoms with Crippen LogP contribution in [-0.4, -0.2) is 11.0 Å². The van der Waals surface area contributed by atoms with Gasteiger partial charge in [-0.15, -0.1) is 0 Å². The molecule has 0 atom stereocenters. The molecule has 0 amide bonds. The lowest BCUT2D eigenvalue weighted by molar-refractivity contribution is -0.136. The second kappa shape index (κ2) is 6.43. The molecule has 0 aromatic carbocycles. The molecule has 1 aromatic heterocycles. The minimum absolute atomic E-state index is 0.353. The van der Waals surface area contributed by atoms with E-state index in [1.807, 2.05) is 18.2 Å². The minimum atomic E-state index is -0.353. The first-order valence-electron chi connectivity index (χ1n) is 5.25. The minimum Gasteiger partial charge on any atom is -0.426 e. The molecule has 88 valence electrons. The van der Waals surface area contributed by atoms with Gasteiger partial charge >= 0.3 is 5.97 Å². The van der Waals surface area contributed by atoms with E-state index >= 15 is 0 Å². The number of rotatable bonds is 4. The van der Waals surface area contributed by atoms with Gasteiger partial charge in [0.15, 0.2) is 0 Å². The second-order valence-electron chi connectivity index (χ2n) is 3.39. The van der Waals surface area contributed by atoms with Crippen molar-refractivity contribution in [2.75, 3.05) is 0 Å². The molecule has 1 aromatic rings. The molecule has 0 saturated carbocycles. The number of nitrogens with zero attached hydrogens (tertiary/aromatic N) is 1. The van der Waals surface area contributed by atoms with Crippen LogP contribution in [0.3, 0.4) is 0 Å². The maximum atomic E-state index is 10.9. The maximum absolute atomic E-state index is 10.9. The van der Waals surface area contributed by atoms with E-state index in [0.717, 1.165) is 5.56 Å². The first-order chi connectivity index (χ1) is 8.13. The number of carbonyl (C=O) groups excluding carboxylic acids is 1. The summed E-state index contributed by atoms with van der Waals surface area (Å²) < 4.78 is 5.01. The molecule has 3 nitrogen and oxygen atoms in total. The summed E-state index contributed by atoms with van der Waals surface area (Å²) in [7, 11) is 0. The van der Waals surface area contributed by atoms with Crippen molar-refractivity contribution in [1.29, 1.82) is 0 Å². The largest absolute Gasteiger partial charge is 0.426 e. The van der Waals surface area contributed by atoms with Crippen molar-refractivity contribution in [3.05, 3.63) is 60.2 Å². The van der Waals surface area contributed by atoms with Crippen molar-refractivity contribution >= 4 is 12.0 Å². The highest BCUT2D eigenvalue weighted by molar-refractivity contribution is 5.68. The molecule has 0 radical (unpaired) electrons. The van der Waals surface area contributed by atoms with Crippen LogP contribution in [0.15, 0.2) is 54.6 Å². The van der Waals surface area contributed by atoms with Crippen molar-refractivity contribution in [3.8, 4) is 0 Å². The first-order valence-corrected chi connectivity index (χ1v) is 5.25. The molecule has 0 spiro atoms. The number of ether oxygens (including phenoxy) is 1. The number of hydrogen-bond donors (Lipinski definition) is 0. The van der Waals surface area contributed by atoms with E-state index in [9.17, 15) is 4.79 Å². The highest BCUT2D eigenvalue weighted by Crippen LogP contribution is 2.13. The molecule has 0 aliphatic rings. The standard InChI is InChI=1S/C14H15NO2/c1-4-14(17-12(3)16)11(2)7-8-13-6-5-9-15-10-13/h4-10H,2H2,1,3H3. The Morgan fingerprint density at radius 1 is 1.53 bits per heavy atom. The van der Waals surface area contributed by atoms with Gasteiger partial charge in [0.25, 0.3) is 0 Å². The SMILES string of the molecule is C=C(C=Cc1cccnc1)C(=CC)OC(C)=O. The van der Waals surface area contributed by atoms with Crippen LogP contribution in [0.4, 0.5) is 0 Å². The summed E-state index contributed by atoms with van der Waals surface area (Å²) in [5, 5.41) is 0. The summed E-state index contributed by atoms with van der Waals surface area (Å²) in [6.07, 6.45) is 8.81. The quantitative estimate of drug-likeness (QED) is 0.452. The Morgan fingerprint density at radius 2 is 2.29 bits per heavy atom. The van der Waals surface area contributed by atoms with Crippen LogP contribution < -0.4 is 0 Å². The monoisotopic (exact) mass is 229 g/mol. The number of esters is 1. The summed E-state index contributed by atoms with van der Waals surface area (Å²) >= 11 is 0. The molecule has 0 unspecified atom stereocenters. The zero-order valence-electron chi connectivity index (χ0n) is 10.0. The van der Waals surface area contributed by atoms with Crippen LogP contribution in [0.1, 0.15) is 19.4 Å². The summed E-state index contributed by atoms with van der Waals surface area (Å²) in [5.41, 5.74) is 1.61. The first kappa shape index (κ1) is 12.9. The lowest BCUT2D eigenvalue weighted by Gasteiger charge is -2.05. The summed E-state index contributed by atoms with van der Waals surface area (Å²) in [5.74, 6) is 0.117. The van der Waals surface area contributed by atoms with Crippen LogP contribution >= 0.6 is 0 Å². The van der Waals surface area contributed by atoms with E-state index in [1.54, 1.807) is 31.5 Å². The van der Waals surface area contributed by atoms with E-state index < -0.39 is 0 Å². The Labute approximate surface area is 101 Å². The third kappa shape index (κ3) is 4.47. The molecule has 0 N–H and O–H groups in total. The van der Waals surface area contributed by atoms with Crippen molar-refractivity contribution in [2.24, 2.45) is 0 Å². The molecule has 1 rings (SSSR count). The number of allylic oxidation sites excluding steroid dienone is 2. The summed E-state index contributed by atoms with van der Waals surface area (Å²) in [4.78, 5) is 14.8. The number of hydrogen-bond acceptors (Lipinski definition) is 3. The Balaban J connectivity index is 2.72. The average Bonchev–Trinajstić information content (AvgIpc) is 2.34. The number of aromatic nitrogens is 1. The van der Waals surface area contributed by atoms with Gasteiger partial charge in [0.05, 0.1) is 0 Å². The zero-order chi connectivity index (χ0) is 12.7. The van der Waals surface area contributed by atoms with Gasteiger partial charge in [-0.1, -0.05) is 24.8 Å².